The van der Waals surface area contributed by atoms with E-state index < -0.39 is 0 Å². The summed E-state index contributed by atoms with van der Waals surface area (Å²) in [4.78, 5) is 0.967. The van der Waals surface area contributed by atoms with E-state index in [0.717, 1.165) is 10.5 Å². The van der Waals surface area contributed by atoms with Gasteiger partial charge in [0.2, 0.25) is 0 Å². The SMILES string of the molecule is Cc1ccc(/C=C/C=C(\S)c2ccc3ccccc3c2)cc1. The average molecular weight is 302 g/mol. The summed E-state index contributed by atoms with van der Waals surface area (Å²) in [6.07, 6.45) is 6.17. The molecule has 0 aliphatic carbocycles. The van der Waals surface area contributed by atoms with Crippen molar-refractivity contribution in [2.24, 2.45) is 0 Å². The second-order valence-corrected chi connectivity index (χ2v) is 5.87. The number of rotatable bonds is 3. The Labute approximate surface area is 137 Å². The minimum absolute atomic E-state index is 0.967. The molecule has 0 amide bonds. The highest BCUT2D eigenvalue weighted by molar-refractivity contribution is 7.90. The summed E-state index contributed by atoms with van der Waals surface area (Å²) in [6, 6.07) is 23.3. The summed E-state index contributed by atoms with van der Waals surface area (Å²) >= 11 is 4.62. The molecule has 0 nitrogen and oxygen atoms in total. The first-order valence-electron chi connectivity index (χ1n) is 7.35. The molecule has 1 heteroatoms. The number of aryl methyl sites for hydroxylation is 1. The summed E-state index contributed by atoms with van der Waals surface area (Å²) in [5.74, 6) is 0. The van der Waals surface area contributed by atoms with Crippen LogP contribution in [0.25, 0.3) is 21.8 Å². The second kappa shape index (κ2) is 6.67. The lowest BCUT2D eigenvalue weighted by molar-refractivity contribution is 1.46. The summed E-state index contributed by atoms with van der Waals surface area (Å²) in [5, 5.41) is 2.49. The Morgan fingerprint density at radius 2 is 1.59 bits per heavy atom. The largest absolute Gasteiger partial charge is 0.143 e. The summed E-state index contributed by atoms with van der Waals surface area (Å²) in [5.41, 5.74) is 3.61. The molecule has 108 valence electrons. The molecular weight excluding hydrogens is 284 g/mol. The monoisotopic (exact) mass is 302 g/mol. The molecule has 0 heterocycles. The van der Waals surface area contributed by atoms with Crippen LogP contribution in [0.2, 0.25) is 0 Å². The van der Waals surface area contributed by atoms with Gasteiger partial charge in [-0.3, -0.25) is 0 Å². The zero-order valence-electron chi connectivity index (χ0n) is 12.5. The van der Waals surface area contributed by atoms with Crippen LogP contribution in [0.1, 0.15) is 16.7 Å². The Bertz CT molecular complexity index is 839. The fourth-order valence-electron chi connectivity index (χ4n) is 2.37. The van der Waals surface area contributed by atoms with Crippen molar-refractivity contribution < 1.29 is 0 Å². The molecule has 0 aliphatic heterocycles. The summed E-state index contributed by atoms with van der Waals surface area (Å²) in [7, 11) is 0. The van der Waals surface area contributed by atoms with Crippen molar-refractivity contribution in [3.8, 4) is 0 Å². The van der Waals surface area contributed by atoms with Gasteiger partial charge < -0.3 is 0 Å². The number of benzene rings is 3. The van der Waals surface area contributed by atoms with Crippen LogP contribution in [0, 0.1) is 6.92 Å². The number of thiol groups is 1. The topological polar surface area (TPSA) is 0 Å². The first-order chi connectivity index (χ1) is 10.7. The van der Waals surface area contributed by atoms with E-state index in [2.05, 4.69) is 92.4 Å². The van der Waals surface area contributed by atoms with Gasteiger partial charge in [-0.25, -0.2) is 0 Å². The normalized spacial score (nSPS) is 12.2. The van der Waals surface area contributed by atoms with Gasteiger partial charge in [-0.15, -0.1) is 12.6 Å². The third-order valence-electron chi connectivity index (χ3n) is 3.67. The van der Waals surface area contributed by atoms with Crippen LogP contribution in [0.15, 0.2) is 78.9 Å². The lowest BCUT2D eigenvalue weighted by Crippen LogP contribution is -1.78. The molecule has 0 spiro atoms. The van der Waals surface area contributed by atoms with Crippen molar-refractivity contribution in [1.82, 2.24) is 0 Å². The molecule has 0 N–H and O–H groups in total. The van der Waals surface area contributed by atoms with E-state index in [1.165, 1.54) is 21.9 Å². The molecule has 3 aromatic rings. The van der Waals surface area contributed by atoms with E-state index >= 15 is 0 Å². The summed E-state index contributed by atoms with van der Waals surface area (Å²) in [6.45, 7) is 2.10. The van der Waals surface area contributed by atoms with E-state index in [1.807, 2.05) is 12.2 Å². The number of allylic oxidation sites excluding steroid dienone is 2. The average Bonchev–Trinajstić information content (AvgIpc) is 2.56. The second-order valence-electron chi connectivity index (χ2n) is 5.38. The highest BCUT2D eigenvalue weighted by Gasteiger charge is 1.98. The van der Waals surface area contributed by atoms with Gasteiger partial charge in [-0.2, -0.15) is 0 Å². The van der Waals surface area contributed by atoms with Gasteiger partial charge in [0, 0.05) is 4.91 Å². The maximum atomic E-state index is 4.62. The van der Waals surface area contributed by atoms with Gasteiger partial charge in [0.15, 0.2) is 0 Å². The van der Waals surface area contributed by atoms with Crippen LogP contribution < -0.4 is 0 Å². The van der Waals surface area contributed by atoms with Crippen molar-refractivity contribution in [3.63, 3.8) is 0 Å². The van der Waals surface area contributed by atoms with E-state index in [-0.39, 0.29) is 0 Å². The van der Waals surface area contributed by atoms with E-state index in [0.29, 0.717) is 0 Å². The number of hydrogen-bond donors (Lipinski definition) is 1. The predicted octanol–water partition coefficient (Wildman–Crippen LogP) is 6.13. The molecule has 0 bridgehead atoms. The molecule has 0 aromatic heterocycles. The van der Waals surface area contributed by atoms with Crippen molar-refractivity contribution in [1.29, 1.82) is 0 Å². The van der Waals surface area contributed by atoms with Crippen molar-refractivity contribution in [3.05, 3.63) is 95.6 Å². The molecule has 3 rings (SSSR count). The fourth-order valence-corrected chi connectivity index (χ4v) is 2.60. The minimum atomic E-state index is 0.967. The first-order valence-corrected chi connectivity index (χ1v) is 7.80. The van der Waals surface area contributed by atoms with Crippen LogP contribution in [0.5, 0.6) is 0 Å². The fraction of sp³-hybridized carbons (Fsp3) is 0.0476. The molecule has 0 fully saturated rings. The molecule has 0 aliphatic rings. The zero-order valence-corrected chi connectivity index (χ0v) is 13.4. The standard InChI is InChI=1S/C21H18S/c1-16-9-11-17(12-10-16)5-4-8-21(22)20-14-13-18-6-2-3-7-19(18)15-20/h2-15,22H,1H3/b5-4+,21-8-. The lowest BCUT2D eigenvalue weighted by atomic mass is 10.1. The third-order valence-corrected chi connectivity index (χ3v) is 4.07. The molecule has 0 saturated heterocycles. The number of fused-ring (bicyclic) bond motifs is 1. The lowest BCUT2D eigenvalue weighted by Gasteiger charge is -2.03. The van der Waals surface area contributed by atoms with E-state index in [1.54, 1.807) is 0 Å². The van der Waals surface area contributed by atoms with E-state index in [4.69, 9.17) is 0 Å². The maximum absolute atomic E-state index is 4.62. The molecule has 0 unspecified atom stereocenters. The van der Waals surface area contributed by atoms with Gasteiger partial charge in [0.05, 0.1) is 0 Å². The van der Waals surface area contributed by atoms with Gasteiger partial charge in [0.25, 0.3) is 0 Å². The predicted molar refractivity (Wildman–Crippen MR) is 101 cm³/mol. The molecule has 0 radical (unpaired) electrons. The molecule has 0 saturated carbocycles. The maximum Gasteiger partial charge on any atom is 0.0113 e. The van der Waals surface area contributed by atoms with Gasteiger partial charge in [-0.05, 0) is 41.0 Å². The smallest absolute Gasteiger partial charge is 0.0113 e. The van der Waals surface area contributed by atoms with Crippen LogP contribution in [-0.2, 0) is 0 Å². The van der Waals surface area contributed by atoms with Crippen molar-refractivity contribution in [2.45, 2.75) is 6.92 Å². The highest BCUT2D eigenvalue weighted by atomic mass is 32.1. The van der Waals surface area contributed by atoms with Gasteiger partial charge >= 0.3 is 0 Å². The van der Waals surface area contributed by atoms with E-state index in [9.17, 15) is 0 Å². The molecular formula is C21H18S. The Morgan fingerprint density at radius 1 is 0.864 bits per heavy atom. The van der Waals surface area contributed by atoms with Crippen LogP contribution in [-0.4, -0.2) is 0 Å². The van der Waals surface area contributed by atoms with Gasteiger partial charge in [0.1, 0.15) is 0 Å². The Hall–Kier alpha value is -2.25. The van der Waals surface area contributed by atoms with Crippen molar-refractivity contribution in [2.75, 3.05) is 0 Å². The quantitative estimate of drug-likeness (QED) is 0.436. The number of hydrogen-bond acceptors (Lipinski definition) is 1. The Morgan fingerprint density at radius 3 is 2.36 bits per heavy atom. The molecule has 22 heavy (non-hydrogen) atoms. The Balaban J connectivity index is 1.82. The molecule has 3 aromatic carbocycles. The van der Waals surface area contributed by atoms with Crippen LogP contribution in [0.3, 0.4) is 0 Å². The van der Waals surface area contributed by atoms with Crippen LogP contribution >= 0.6 is 12.6 Å². The first kappa shape index (κ1) is 14.7. The minimum Gasteiger partial charge on any atom is -0.143 e. The van der Waals surface area contributed by atoms with Crippen LogP contribution in [0.4, 0.5) is 0 Å². The summed E-state index contributed by atoms with van der Waals surface area (Å²) < 4.78 is 0. The molecule has 0 atom stereocenters. The highest BCUT2D eigenvalue weighted by Crippen LogP contribution is 2.23. The third kappa shape index (κ3) is 3.49. The van der Waals surface area contributed by atoms with Gasteiger partial charge in [-0.1, -0.05) is 78.4 Å². The van der Waals surface area contributed by atoms with Crippen molar-refractivity contribution >= 4 is 34.4 Å². The zero-order chi connectivity index (χ0) is 15.4. The Kier molecular flexibility index (Phi) is 4.45.